The molecule has 0 aromatic carbocycles. The first kappa shape index (κ1) is 18.4. The number of nitrogens with zero attached hydrogens (tertiary/aromatic N) is 2. The molecule has 0 spiro atoms. The van der Waals surface area contributed by atoms with Gasteiger partial charge in [-0.15, -0.1) is 0 Å². The van der Waals surface area contributed by atoms with Crippen LogP contribution < -0.4 is 5.32 Å². The zero-order chi connectivity index (χ0) is 17.5. The summed E-state index contributed by atoms with van der Waals surface area (Å²) in [5.41, 5.74) is -0.107. The summed E-state index contributed by atoms with van der Waals surface area (Å²) in [6.45, 7) is 2.67. The Morgan fingerprint density at radius 2 is 2.16 bits per heavy atom. The average Bonchev–Trinajstić information content (AvgIpc) is 3.15. The molecule has 2 heterocycles. The SMILES string of the molecule is O=C1N(CCC2CCCCC2)CCC[C@@]1(O)CNCCc1cn[nH]c1. The molecule has 0 bridgehead atoms. The van der Waals surface area contributed by atoms with Crippen LogP contribution in [0.15, 0.2) is 12.4 Å². The van der Waals surface area contributed by atoms with E-state index in [-0.39, 0.29) is 5.91 Å². The standard InChI is InChI=1S/C19H32N4O2/c24-18-19(25,15-20-10-7-17-13-21-22-14-17)9-4-11-23(18)12-8-16-5-2-1-3-6-16/h13-14,16,20,25H,1-12,15H2,(H,21,22)/t19-/m1/s1. The smallest absolute Gasteiger partial charge is 0.255 e. The minimum atomic E-state index is -1.23. The van der Waals surface area contributed by atoms with Crippen LogP contribution in [0.3, 0.4) is 0 Å². The van der Waals surface area contributed by atoms with Crippen molar-refractivity contribution in [3.8, 4) is 0 Å². The van der Waals surface area contributed by atoms with Gasteiger partial charge in [0.25, 0.3) is 5.91 Å². The van der Waals surface area contributed by atoms with Gasteiger partial charge in [0.2, 0.25) is 0 Å². The lowest BCUT2D eigenvalue weighted by atomic mass is 9.86. The number of hydrogen-bond donors (Lipinski definition) is 3. The van der Waals surface area contributed by atoms with E-state index in [0.29, 0.717) is 13.0 Å². The molecule has 0 unspecified atom stereocenters. The van der Waals surface area contributed by atoms with Gasteiger partial charge in [-0.05, 0) is 43.7 Å². The molecule has 1 aliphatic carbocycles. The number of H-pyrrole nitrogens is 1. The summed E-state index contributed by atoms with van der Waals surface area (Å²) in [5.74, 6) is 0.690. The van der Waals surface area contributed by atoms with Crippen LogP contribution in [0.2, 0.25) is 0 Å². The van der Waals surface area contributed by atoms with Gasteiger partial charge in [-0.3, -0.25) is 9.89 Å². The fourth-order valence-corrected chi connectivity index (χ4v) is 4.20. The Hall–Kier alpha value is -1.40. The third-order valence-corrected chi connectivity index (χ3v) is 5.80. The van der Waals surface area contributed by atoms with Crippen LogP contribution in [-0.4, -0.2) is 57.9 Å². The monoisotopic (exact) mass is 348 g/mol. The zero-order valence-electron chi connectivity index (χ0n) is 15.2. The van der Waals surface area contributed by atoms with E-state index in [0.717, 1.165) is 50.4 Å². The molecule has 1 saturated carbocycles. The van der Waals surface area contributed by atoms with Crippen LogP contribution >= 0.6 is 0 Å². The summed E-state index contributed by atoms with van der Waals surface area (Å²) in [4.78, 5) is 14.7. The maximum Gasteiger partial charge on any atom is 0.255 e. The molecule has 1 aromatic rings. The van der Waals surface area contributed by atoms with Crippen molar-refractivity contribution < 1.29 is 9.90 Å². The Kier molecular flexibility index (Phi) is 6.48. The molecule has 1 aromatic heterocycles. The number of aromatic amines is 1. The van der Waals surface area contributed by atoms with Crippen molar-refractivity contribution in [3.63, 3.8) is 0 Å². The highest BCUT2D eigenvalue weighted by Gasteiger charge is 2.41. The summed E-state index contributed by atoms with van der Waals surface area (Å²) in [6.07, 6.45) is 13.7. The van der Waals surface area contributed by atoms with E-state index in [1.54, 1.807) is 6.20 Å². The third kappa shape index (κ3) is 5.05. The molecule has 0 radical (unpaired) electrons. The molecule has 3 rings (SSSR count). The fraction of sp³-hybridized carbons (Fsp3) is 0.789. The van der Waals surface area contributed by atoms with Gasteiger partial charge < -0.3 is 15.3 Å². The van der Waals surface area contributed by atoms with Gasteiger partial charge in [0.15, 0.2) is 5.60 Å². The summed E-state index contributed by atoms with van der Waals surface area (Å²) in [6, 6.07) is 0. The molecular weight excluding hydrogens is 316 g/mol. The van der Waals surface area contributed by atoms with Crippen LogP contribution in [0.1, 0.15) is 56.9 Å². The summed E-state index contributed by atoms with van der Waals surface area (Å²) < 4.78 is 0. The number of amides is 1. The summed E-state index contributed by atoms with van der Waals surface area (Å²) in [7, 11) is 0. The van der Waals surface area contributed by atoms with Crippen LogP contribution in [0, 0.1) is 5.92 Å². The lowest BCUT2D eigenvalue weighted by molar-refractivity contribution is -0.156. The average molecular weight is 348 g/mol. The van der Waals surface area contributed by atoms with E-state index in [9.17, 15) is 9.90 Å². The van der Waals surface area contributed by atoms with Gasteiger partial charge in [0.05, 0.1) is 6.20 Å². The molecular formula is C19H32N4O2. The van der Waals surface area contributed by atoms with Gasteiger partial charge in [0.1, 0.15) is 0 Å². The number of nitrogens with one attached hydrogen (secondary N) is 2. The highest BCUT2D eigenvalue weighted by atomic mass is 16.3. The quantitative estimate of drug-likeness (QED) is 0.627. The predicted molar refractivity (Wildman–Crippen MR) is 97.1 cm³/mol. The Morgan fingerprint density at radius 1 is 1.32 bits per heavy atom. The van der Waals surface area contributed by atoms with Gasteiger partial charge >= 0.3 is 0 Å². The predicted octanol–water partition coefficient (Wildman–Crippen LogP) is 1.87. The first-order valence-electron chi connectivity index (χ1n) is 9.87. The summed E-state index contributed by atoms with van der Waals surface area (Å²) in [5, 5.41) is 20.8. The largest absolute Gasteiger partial charge is 0.379 e. The number of rotatable bonds is 8. The molecule has 1 amide bonds. The second-order valence-electron chi connectivity index (χ2n) is 7.75. The Balaban J connectivity index is 1.42. The molecule has 1 aliphatic heterocycles. The van der Waals surface area contributed by atoms with Crippen LogP contribution in [0.5, 0.6) is 0 Å². The first-order chi connectivity index (χ1) is 12.2. The second kappa shape index (κ2) is 8.81. The minimum Gasteiger partial charge on any atom is -0.379 e. The zero-order valence-corrected chi connectivity index (χ0v) is 15.2. The van der Waals surface area contributed by atoms with Crippen LogP contribution in [0.25, 0.3) is 0 Å². The van der Waals surface area contributed by atoms with Gasteiger partial charge in [-0.2, -0.15) is 5.10 Å². The van der Waals surface area contributed by atoms with Gasteiger partial charge in [0, 0.05) is 25.8 Å². The topological polar surface area (TPSA) is 81.2 Å². The maximum absolute atomic E-state index is 12.8. The fourth-order valence-electron chi connectivity index (χ4n) is 4.20. The number of aliphatic hydroxyl groups is 1. The number of carbonyl (C=O) groups excluding carboxylic acids is 1. The molecule has 6 heteroatoms. The van der Waals surface area contributed by atoms with Crippen molar-refractivity contribution in [1.82, 2.24) is 20.4 Å². The van der Waals surface area contributed by atoms with E-state index in [4.69, 9.17) is 0 Å². The van der Waals surface area contributed by atoms with Crippen molar-refractivity contribution in [1.29, 1.82) is 0 Å². The molecule has 2 aliphatic rings. The van der Waals surface area contributed by atoms with Crippen LogP contribution in [-0.2, 0) is 11.2 Å². The number of hydrogen-bond acceptors (Lipinski definition) is 4. The number of carbonyl (C=O) groups is 1. The molecule has 140 valence electrons. The normalized spacial score (nSPS) is 25.5. The number of piperidine rings is 1. The van der Waals surface area contributed by atoms with E-state index in [1.807, 2.05) is 11.1 Å². The molecule has 1 atom stereocenters. The third-order valence-electron chi connectivity index (χ3n) is 5.80. The van der Waals surface area contributed by atoms with Gasteiger partial charge in [-0.25, -0.2) is 0 Å². The van der Waals surface area contributed by atoms with Crippen molar-refractivity contribution in [2.75, 3.05) is 26.2 Å². The molecule has 2 fully saturated rings. The highest BCUT2D eigenvalue weighted by molar-refractivity contribution is 5.86. The van der Waals surface area contributed by atoms with Crippen LogP contribution in [0.4, 0.5) is 0 Å². The molecule has 25 heavy (non-hydrogen) atoms. The highest BCUT2D eigenvalue weighted by Crippen LogP contribution is 2.28. The van der Waals surface area contributed by atoms with Crippen molar-refractivity contribution in [3.05, 3.63) is 18.0 Å². The second-order valence-corrected chi connectivity index (χ2v) is 7.75. The van der Waals surface area contributed by atoms with Crippen molar-refractivity contribution in [2.45, 2.75) is 63.4 Å². The van der Waals surface area contributed by atoms with Crippen molar-refractivity contribution in [2.24, 2.45) is 5.92 Å². The maximum atomic E-state index is 12.8. The van der Waals surface area contributed by atoms with E-state index in [2.05, 4.69) is 15.5 Å². The molecule has 6 nitrogen and oxygen atoms in total. The van der Waals surface area contributed by atoms with E-state index >= 15 is 0 Å². The summed E-state index contributed by atoms with van der Waals surface area (Å²) >= 11 is 0. The Bertz CT molecular complexity index is 528. The first-order valence-corrected chi connectivity index (χ1v) is 9.87. The minimum absolute atomic E-state index is 0.0784. The van der Waals surface area contributed by atoms with E-state index < -0.39 is 5.60 Å². The van der Waals surface area contributed by atoms with Gasteiger partial charge in [-0.1, -0.05) is 32.1 Å². The number of aromatic nitrogens is 2. The lowest BCUT2D eigenvalue weighted by Crippen LogP contribution is -2.58. The van der Waals surface area contributed by atoms with Crippen molar-refractivity contribution >= 4 is 5.91 Å². The Labute approximate surface area is 150 Å². The number of likely N-dealkylation sites (tertiary alicyclic amines) is 1. The lowest BCUT2D eigenvalue weighted by Gasteiger charge is -2.39. The molecule has 1 saturated heterocycles. The van der Waals surface area contributed by atoms with E-state index in [1.165, 1.54) is 32.1 Å². The molecule has 3 N–H and O–H groups in total. The Morgan fingerprint density at radius 3 is 2.92 bits per heavy atom.